The van der Waals surface area contributed by atoms with Gasteiger partial charge in [0.25, 0.3) is 0 Å². The van der Waals surface area contributed by atoms with E-state index in [1.165, 1.54) is 6.26 Å². The summed E-state index contributed by atoms with van der Waals surface area (Å²) in [6.45, 7) is 0. The van der Waals surface area contributed by atoms with Gasteiger partial charge in [0.2, 0.25) is 10.0 Å². The molecule has 0 aromatic heterocycles. The van der Waals surface area contributed by atoms with Crippen LogP contribution in [0.25, 0.3) is 0 Å². The first kappa shape index (κ1) is 7.75. The third-order valence-corrected chi connectivity index (χ3v) is 2.11. The van der Waals surface area contributed by atoms with Crippen molar-refractivity contribution in [3.63, 3.8) is 0 Å². The van der Waals surface area contributed by atoms with Crippen molar-refractivity contribution < 1.29 is 8.42 Å². The fourth-order valence-corrected chi connectivity index (χ4v) is 1.75. The molecule has 0 unspecified atom stereocenters. The van der Waals surface area contributed by atoms with Crippen molar-refractivity contribution in [1.82, 2.24) is 4.72 Å². The van der Waals surface area contributed by atoms with Crippen molar-refractivity contribution >= 4 is 10.0 Å². The SMILES string of the molecule is CS(=O)(=O)N[C@@H]1C=CCC1. The molecule has 0 saturated heterocycles. The van der Waals surface area contributed by atoms with Crippen molar-refractivity contribution in [1.29, 1.82) is 0 Å². The van der Waals surface area contributed by atoms with Gasteiger partial charge in [-0.2, -0.15) is 0 Å². The van der Waals surface area contributed by atoms with Gasteiger partial charge in [0.05, 0.1) is 6.26 Å². The summed E-state index contributed by atoms with van der Waals surface area (Å²) in [5.74, 6) is 0. The number of nitrogens with one attached hydrogen (secondary N) is 1. The average Bonchev–Trinajstić information content (AvgIpc) is 2.12. The Bertz CT molecular complexity index is 230. The molecular formula is C6H11NO2S. The summed E-state index contributed by atoms with van der Waals surface area (Å²) < 4.78 is 23.8. The second-order valence-corrected chi connectivity index (χ2v) is 4.28. The fourth-order valence-electron chi connectivity index (χ4n) is 1.01. The molecule has 1 aliphatic carbocycles. The van der Waals surface area contributed by atoms with Crippen LogP contribution in [0, 0.1) is 0 Å². The lowest BCUT2D eigenvalue weighted by atomic mass is 10.3. The van der Waals surface area contributed by atoms with Crippen molar-refractivity contribution in [3.8, 4) is 0 Å². The quantitative estimate of drug-likeness (QED) is 0.590. The Morgan fingerprint density at radius 1 is 1.60 bits per heavy atom. The summed E-state index contributed by atoms with van der Waals surface area (Å²) in [4.78, 5) is 0. The summed E-state index contributed by atoms with van der Waals surface area (Å²) >= 11 is 0. The maximum atomic E-state index is 10.6. The smallest absolute Gasteiger partial charge is 0.209 e. The number of hydrogen-bond donors (Lipinski definition) is 1. The molecule has 0 spiro atoms. The van der Waals surface area contributed by atoms with E-state index in [4.69, 9.17) is 0 Å². The van der Waals surface area contributed by atoms with Crippen LogP contribution in [0.1, 0.15) is 12.8 Å². The van der Waals surface area contributed by atoms with E-state index in [1.54, 1.807) is 0 Å². The lowest BCUT2D eigenvalue weighted by molar-refractivity contribution is 0.575. The van der Waals surface area contributed by atoms with Crippen LogP contribution < -0.4 is 4.72 Å². The van der Waals surface area contributed by atoms with Gasteiger partial charge in [0.1, 0.15) is 0 Å². The Balaban J connectivity index is 2.47. The van der Waals surface area contributed by atoms with Crippen LogP contribution in [-0.2, 0) is 10.0 Å². The molecule has 0 aromatic rings. The Morgan fingerprint density at radius 2 is 2.30 bits per heavy atom. The van der Waals surface area contributed by atoms with E-state index >= 15 is 0 Å². The van der Waals surface area contributed by atoms with Crippen molar-refractivity contribution in [2.24, 2.45) is 0 Å². The van der Waals surface area contributed by atoms with Crippen LogP contribution in [0.4, 0.5) is 0 Å². The Labute approximate surface area is 61.2 Å². The normalized spacial score (nSPS) is 25.5. The molecule has 0 bridgehead atoms. The van der Waals surface area contributed by atoms with E-state index in [1.807, 2.05) is 12.2 Å². The van der Waals surface area contributed by atoms with Crippen LogP contribution in [0.5, 0.6) is 0 Å². The maximum absolute atomic E-state index is 10.6. The molecule has 0 radical (unpaired) electrons. The molecule has 10 heavy (non-hydrogen) atoms. The van der Waals surface area contributed by atoms with Crippen LogP contribution in [0.2, 0.25) is 0 Å². The zero-order valence-corrected chi connectivity index (χ0v) is 6.69. The third kappa shape index (κ3) is 2.49. The lowest BCUT2D eigenvalue weighted by Gasteiger charge is -2.06. The number of hydrogen-bond acceptors (Lipinski definition) is 2. The highest BCUT2D eigenvalue weighted by atomic mass is 32.2. The Morgan fingerprint density at radius 3 is 2.70 bits per heavy atom. The van der Waals surface area contributed by atoms with Gasteiger partial charge < -0.3 is 0 Å². The number of sulfonamides is 1. The van der Waals surface area contributed by atoms with Gasteiger partial charge in [-0.25, -0.2) is 13.1 Å². The van der Waals surface area contributed by atoms with E-state index < -0.39 is 10.0 Å². The van der Waals surface area contributed by atoms with Gasteiger partial charge in [-0.1, -0.05) is 12.2 Å². The standard InChI is InChI=1S/C6H11NO2S/c1-10(8,9)7-6-4-2-3-5-6/h2,4,6-7H,3,5H2,1H3/t6-/m1/s1. The molecule has 1 aliphatic rings. The molecule has 0 fully saturated rings. The highest BCUT2D eigenvalue weighted by molar-refractivity contribution is 7.88. The topological polar surface area (TPSA) is 46.2 Å². The molecule has 0 aliphatic heterocycles. The molecule has 58 valence electrons. The van der Waals surface area contributed by atoms with Gasteiger partial charge in [-0.3, -0.25) is 0 Å². The molecule has 0 amide bonds. The van der Waals surface area contributed by atoms with E-state index in [9.17, 15) is 8.42 Å². The van der Waals surface area contributed by atoms with Gasteiger partial charge in [-0.05, 0) is 12.8 Å². The minimum atomic E-state index is -3.01. The molecule has 0 aromatic carbocycles. The first-order valence-electron chi connectivity index (χ1n) is 3.22. The number of allylic oxidation sites excluding steroid dienone is 1. The minimum absolute atomic E-state index is 0.0370. The summed E-state index contributed by atoms with van der Waals surface area (Å²) in [5, 5.41) is 0. The van der Waals surface area contributed by atoms with Crippen LogP contribution >= 0.6 is 0 Å². The molecule has 1 atom stereocenters. The predicted octanol–water partition coefficient (Wildman–Crippen LogP) is 0.254. The first-order valence-corrected chi connectivity index (χ1v) is 5.11. The predicted molar refractivity (Wildman–Crippen MR) is 40.1 cm³/mol. The monoisotopic (exact) mass is 161 g/mol. The zero-order valence-electron chi connectivity index (χ0n) is 5.87. The van der Waals surface area contributed by atoms with Gasteiger partial charge in [-0.15, -0.1) is 0 Å². The van der Waals surface area contributed by atoms with Gasteiger partial charge in [0, 0.05) is 6.04 Å². The molecule has 0 saturated carbocycles. The summed E-state index contributed by atoms with van der Waals surface area (Å²) in [7, 11) is -3.01. The third-order valence-electron chi connectivity index (χ3n) is 1.38. The van der Waals surface area contributed by atoms with Crippen molar-refractivity contribution in [2.75, 3.05) is 6.26 Å². The summed E-state index contributed by atoms with van der Waals surface area (Å²) in [6, 6.07) is 0.0370. The largest absolute Gasteiger partial charge is 0.213 e. The highest BCUT2D eigenvalue weighted by Gasteiger charge is 2.12. The molecule has 1 N–H and O–H groups in total. The fraction of sp³-hybridized carbons (Fsp3) is 0.667. The van der Waals surface area contributed by atoms with Gasteiger partial charge >= 0.3 is 0 Å². The van der Waals surface area contributed by atoms with E-state index in [0.717, 1.165) is 12.8 Å². The Kier molecular flexibility index (Phi) is 2.11. The van der Waals surface area contributed by atoms with Crippen LogP contribution in [-0.4, -0.2) is 20.7 Å². The van der Waals surface area contributed by atoms with Crippen LogP contribution in [0.3, 0.4) is 0 Å². The number of rotatable bonds is 2. The highest BCUT2D eigenvalue weighted by Crippen LogP contribution is 2.08. The second kappa shape index (κ2) is 2.72. The minimum Gasteiger partial charge on any atom is -0.213 e. The Hall–Kier alpha value is -0.350. The molecule has 3 nitrogen and oxygen atoms in total. The van der Waals surface area contributed by atoms with Gasteiger partial charge in [0.15, 0.2) is 0 Å². The van der Waals surface area contributed by atoms with E-state index in [0.29, 0.717) is 0 Å². The van der Waals surface area contributed by atoms with E-state index in [2.05, 4.69) is 4.72 Å². The summed E-state index contributed by atoms with van der Waals surface area (Å²) in [5.41, 5.74) is 0. The molecule has 0 heterocycles. The molecular weight excluding hydrogens is 150 g/mol. The lowest BCUT2D eigenvalue weighted by Crippen LogP contribution is -2.30. The van der Waals surface area contributed by atoms with E-state index in [-0.39, 0.29) is 6.04 Å². The summed E-state index contributed by atoms with van der Waals surface area (Å²) in [6.07, 6.45) is 6.93. The van der Waals surface area contributed by atoms with Crippen molar-refractivity contribution in [3.05, 3.63) is 12.2 Å². The molecule has 1 rings (SSSR count). The molecule has 4 heteroatoms. The second-order valence-electron chi connectivity index (χ2n) is 2.50. The average molecular weight is 161 g/mol. The maximum Gasteiger partial charge on any atom is 0.209 e. The first-order chi connectivity index (χ1) is 4.58. The van der Waals surface area contributed by atoms with Crippen LogP contribution in [0.15, 0.2) is 12.2 Å². The zero-order chi connectivity index (χ0) is 7.61. The van der Waals surface area contributed by atoms with Crippen molar-refractivity contribution in [2.45, 2.75) is 18.9 Å².